The van der Waals surface area contributed by atoms with Crippen molar-refractivity contribution in [1.29, 1.82) is 0 Å². The van der Waals surface area contributed by atoms with E-state index in [1.54, 1.807) is 46.5 Å². The Kier molecular flexibility index (Phi) is 5.12. The molecule has 1 saturated heterocycles. The van der Waals surface area contributed by atoms with Gasteiger partial charge in [0.2, 0.25) is 0 Å². The van der Waals surface area contributed by atoms with E-state index in [9.17, 15) is 14.4 Å². The largest absolute Gasteiger partial charge is 0.478 e. The third-order valence-corrected chi connectivity index (χ3v) is 4.12. The highest BCUT2D eigenvalue weighted by atomic mass is 16.4. The molecule has 3 rings (SSSR count). The summed E-state index contributed by atoms with van der Waals surface area (Å²) in [5, 5.41) is 11.8. The molecule has 0 atom stereocenters. The molecule has 26 heavy (non-hydrogen) atoms. The van der Waals surface area contributed by atoms with Crippen LogP contribution in [0.1, 0.15) is 20.7 Å². The van der Waals surface area contributed by atoms with E-state index >= 15 is 0 Å². The maximum absolute atomic E-state index is 12.5. The van der Waals surface area contributed by atoms with E-state index in [-0.39, 0.29) is 17.5 Å². The number of carboxylic acids is 1. The molecule has 0 saturated carbocycles. The Labute approximate surface area is 150 Å². The number of hydrogen-bond acceptors (Lipinski definition) is 4. The molecular formula is C18H18N4O4. The molecule has 2 aromatic rings. The van der Waals surface area contributed by atoms with Gasteiger partial charge in [0, 0.05) is 37.9 Å². The number of carbonyl (C=O) groups is 3. The van der Waals surface area contributed by atoms with Crippen LogP contribution in [0.4, 0.5) is 10.5 Å². The summed E-state index contributed by atoms with van der Waals surface area (Å²) in [6.45, 7) is 1.57. The lowest BCUT2D eigenvalue weighted by molar-refractivity contribution is 0.0671. The number of rotatable bonds is 3. The number of carboxylic acid groups (broad SMARTS) is 1. The molecule has 3 amide bonds. The van der Waals surface area contributed by atoms with Crippen LogP contribution in [0.15, 0.2) is 48.8 Å². The van der Waals surface area contributed by atoms with Crippen molar-refractivity contribution < 1.29 is 19.5 Å². The van der Waals surface area contributed by atoms with Gasteiger partial charge in [-0.3, -0.25) is 9.78 Å². The summed E-state index contributed by atoms with van der Waals surface area (Å²) in [7, 11) is 0. The van der Waals surface area contributed by atoms with E-state index in [1.807, 2.05) is 0 Å². The number of carbonyl (C=O) groups excluding carboxylic acids is 2. The van der Waals surface area contributed by atoms with Gasteiger partial charge in [-0.2, -0.15) is 0 Å². The van der Waals surface area contributed by atoms with Gasteiger partial charge in [-0.1, -0.05) is 6.07 Å². The molecule has 1 fully saturated rings. The van der Waals surface area contributed by atoms with Crippen molar-refractivity contribution in [2.24, 2.45) is 0 Å². The van der Waals surface area contributed by atoms with Crippen molar-refractivity contribution in [3.05, 3.63) is 59.9 Å². The van der Waals surface area contributed by atoms with Crippen LogP contribution in [0.25, 0.3) is 0 Å². The lowest BCUT2D eigenvalue weighted by atomic mass is 10.1. The summed E-state index contributed by atoms with van der Waals surface area (Å²) in [5.41, 5.74) is 1.02. The smallest absolute Gasteiger partial charge is 0.335 e. The first-order valence-electron chi connectivity index (χ1n) is 8.13. The minimum atomic E-state index is -1.07. The fourth-order valence-electron chi connectivity index (χ4n) is 2.72. The molecule has 1 aromatic carbocycles. The Morgan fingerprint density at radius 1 is 0.962 bits per heavy atom. The highest BCUT2D eigenvalue weighted by Crippen LogP contribution is 2.12. The predicted octanol–water partition coefficient (Wildman–Crippen LogP) is 1.77. The zero-order valence-electron chi connectivity index (χ0n) is 14.0. The van der Waals surface area contributed by atoms with Gasteiger partial charge in [-0.15, -0.1) is 0 Å². The number of piperazine rings is 1. The highest BCUT2D eigenvalue weighted by Gasteiger charge is 2.25. The number of aromatic nitrogens is 1. The van der Waals surface area contributed by atoms with Gasteiger partial charge in [0.15, 0.2) is 0 Å². The SMILES string of the molecule is O=C(O)c1cccc(C(=O)N2CCN(C(=O)Nc3cccnc3)CC2)c1. The number of nitrogens with zero attached hydrogens (tertiary/aromatic N) is 3. The van der Waals surface area contributed by atoms with Crippen LogP contribution < -0.4 is 5.32 Å². The Bertz CT molecular complexity index is 817. The maximum Gasteiger partial charge on any atom is 0.335 e. The van der Waals surface area contributed by atoms with Gasteiger partial charge in [-0.05, 0) is 30.3 Å². The van der Waals surface area contributed by atoms with Crippen molar-refractivity contribution in [3.8, 4) is 0 Å². The first-order chi connectivity index (χ1) is 12.5. The molecule has 134 valence electrons. The average molecular weight is 354 g/mol. The first-order valence-corrected chi connectivity index (χ1v) is 8.13. The zero-order chi connectivity index (χ0) is 18.5. The fourth-order valence-corrected chi connectivity index (χ4v) is 2.72. The van der Waals surface area contributed by atoms with Crippen LogP contribution >= 0.6 is 0 Å². The summed E-state index contributed by atoms with van der Waals surface area (Å²) in [5.74, 6) is -1.31. The molecule has 2 heterocycles. The van der Waals surface area contributed by atoms with Crippen molar-refractivity contribution in [2.45, 2.75) is 0 Å². The van der Waals surface area contributed by atoms with Crippen LogP contribution in [0, 0.1) is 0 Å². The molecule has 8 nitrogen and oxygen atoms in total. The second-order valence-electron chi connectivity index (χ2n) is 5.84. The summed E-state index contributed by atoms with van der Waals surface area (Å²) in [6, 6.07) is 9.20. The molecule has 8 heteroatoms. The Morgan fingerprint density at radius 3 is 2.31 bits per heavy atom. The quantitative estimate of drug-likeness (QED) is 0.874. The van der Waals surface area contributed by atoms with Crippen LogP contribution in [0.3, 0.4) is 0 Å². The molecule has 0 radical (unpaired) electrons. The normalized spacial score (nSPS) is 14.0. The number of amides is 3. The van der Waals surface area contributed by atoms with Gasteiger partial charge in [0.25, 0.3) is 5.91 Å². The van der Waals surface area contributed by atoms with E-state index in [1.165, 1.54) is 12.1 Å². The van der Waals surface area contributed by atoms with Crippen LogP contribution in [0.2, 0.25) is 0 Å². The second-order valence-corrected chi connectivity index (χ2v) is 5.84. The van der Waals surface area contributed by atoms with Gasteiger partial charge in [0.05, 0.1) is 17.4 Å². The van der Waals surface area contributed by atoms with Gasteiger partial charge >= 0.3 is 12.0 Å². The molecule has 2 N–H and O–H groups in total. The van der Waals surface area contributed by atoms with E-state index in [0.29, 0.717) is 37.4 Å². The topological polar surface area (TPSA) is 103 Å². The second kappa shape index (κ2) is 7.64. The third kappa shape index (κ3) is 3.97. The summed E-state index contributed by atoms with van der Waals surface area (Å²) >= 11 is 0. The average Bonchev–Trinajstić information content (AvgIpc) is 2.68. The Hall–Kier alpha value is -3.42. The molecule has 1 aliphatic heterocycles. The number of hydrogen-bond donors (Lipinski definition) is 2. The van der Waals surface area contributed by atoms with Gasteiger partial charge < -0.3 is 20.2 Å². The van der Waals surface area contributed by atoms with Crippen molar-refractivity contribution in [2.75, 3.05) is 31.5 Å². The number of benzene rings is 1. The van der Waals surface area contributed by atoms with Crippen molar-refractivity contribution in [1.82, 2.24) is 14.8 Å². The summed E-state index contributed by atoms with van der Waals surface area (Å²) in [6.07, 6.45) is 3.19. The lowest BCUT2D eigenvalue weighted by Gasteiger charge is -2.34. The van der Waals surface area contributed by atoms with E-state index in [4.69, 9.17) is 5.11 Å². The van der Waals surface area contributed by atoms with Crippen molar-refractivity contribution >= 4 is 23.6 Å². The third-order valence-electron chi connectivity index (χ3n) is 4.12. The molecule has 0 unspecified atom stereocenters. The maximum atomic E-state index is 12.5. The molecule has 1 aliphatic rings. The summed E-state index contributed by atoms with van der Waals surface area (Å²) < 4.78 is 0. The van der Waals surface area contributed by atoms with E-state index in [2.05, 4.69) is 10.3 Å². The van der Waals surface area contributed by atoms with Gasteiger partial charge in [-0.25, -0.2) is 9.59 Å². The Balaban J connectivity index is 1.58. The Morgan fingerprint density at radius 2 is 1.65 bits per heavy atom. The highest BCUT2D eigenvalue weighted by molar-refractivity contribution is 5.97. The van der Waals surface area contributed by atoms with E-state index in [0.717, 1.165) is 0 Å². The number of nitrogens with one attached hydrogen (secondary N) is 1. The van der Waals surface area contributed by atoms with Crippen LogP contribution in [-0.4, -0.2) is 64.0 Å². The minimum absolute atomic E-state index is 0.0744. The number of pyridine rings is 1. The summed E-state index contributed by atoms with van der Waals surface area (Å²) in [4.78, 5) is 43.0. The van der Waals surface area contributed by atoms with E-state index < -0.39 is 5.97 Å². The first kappa shape index (κ1) is 17.4. The van der Waals surface area contributed by atoms with Crippen LogP contribution in [0.5, 0.6) is 0 Å². The molecule has 1 aromatic heterocycles. The monoisotopic (exact) mass is 354 g/mol. The van der Waals surface area contributed by atoms with Gasteiger partial charge in [0.1, 0.15) is 0 Å². The minimum Gasteiger partial charge on any atom is -0.478 e. The molecular weight excluding hydrogens is 336 g/mol. The van der Waals surface area contributed by atoms with Crippen LogP contribution in [-0.2, 0) is 0 Å². The lowest BCUT2D eigenvalue weighted by Crippen LogP contribution is -2.51. The number of anilines is 1. The number of urea groups is 1. The molecule has 0 spiro atoms. The molecule has 0 aliphatic carbocycles. The van der Waals surface area contributed by atoms with Crippen molar-refractivity contribution in [3.63, 3.8) is 0 Å². The fraction of sp³-hybridized carbons (Fsp3) is 0.222. The zero-order valence-corrected chi connectivity index (χ0v) is 14.0. The molecule has 0 bridgehead atoms. The number of aromatic carboxylic acids is 1. The standard InChI is InChI=1S/C18H18N4O4/c23-16(13-3-1-4-14(11-13)17(24)25)21-7-9-22(10-8-21)18(26)20-15-5-2-6-19-12-15/h1-6,11-12H,7-10H2,(H,20,26)(H,24,25). The predicted molar refractivity (Wildman–Crippen MR) is 94.1 cm³/mol.